The number of carbonyl (C=O) groups is 2. The Kier molecular flexibility index (Phi) is 19.9. The molecule has 1 aromatic carbocycles. The van der Waals surface area contributed by atoms with Gasteiger partial charge in [-0.1, -0.05) is 26.0 Å². The molecule has 9 nitrogen and oxygen atoms in total. The lowest BCUT2D eigenvalue weighted by Gasteiger charge is -2.28. The second-order valence-corrected chi connectivity index (χ2v) is 8.76. The van der Waals surface area contributed by atoms with Crippen LogP contribution in [0.5, 0.6) is 5.75 Å². The molecule has 0 radical (unpaired) electrons. The molecule has 0 saturated carbocycles. The largest absolute Gasteiger partial charge is 0.493 e. The number of para-hydroxylation sites is 1. The number of nitrogens with one attached hydrogen (secondary N) is 2. The number of benzene rings is 1. The maximum atomic E-state index is 12.8. The van der Waals surface area contributed by atoms with Crippen LogP contribution in [0.4, 0.5) is 0 Å². The van der Waals surface area contributed by atoms with E-state index in [4.69, 9.17) is 20.9 Å². The number of ether oxygens (including phenoxy) is 2. The first kappa shape index (κ1) is 35.5. The third-order valence-electron chi connectivity index (χ3n) is 5.73. The van der Waals surface area contributed by atoms with Gasteiger partial charge in [0.15, 0.2) is 0 Å². The summed E-state index contributed by atoms with van der Waals surface area (Å²) in [5, 5.41) is 16.2. The van der Waals surface area contributed by atoms with Crippen molar-refractivity contribution in [2.75, 3.05) is 33.4 Å². The zero-order chi connectivity index (χ0) is 24.8. The van der Waals surface area contributed by atoms with Gasteiger partial charge in [0.05, 0.1) is 24.3 Å². The SMILES string of the molecule is COCCCCOc1ccccc1C(=O)NC[C@@H](C[C@H](N)[C@@H](O)CNC(C)C(N)=O)C(C)C.Cl.Cl. The molecular weight excluding hydrogens is 495 g/mol. The third kappa shape index (κ3) is 13.9. The zero-order valence-electron chi connectivity index (χ0n) is 21.2. The van der Waals surface area contributed by atoms with Gasteiger partial charge < -0.3 is 36.7 Å². The first-order valence-electron chi connectivity index (χ1n) is 11.6. The van der Waals surface area contributed by atoms with Gasteiger partial charge in [0.25, 0.3) is 5.91 Å². The number of aliphatic hydroxyl groups excluding tert-OH is 1. The molecule has 1 aromatic rings. The average Bonchev–Trinajstić information content (AvgIpc) is 2.79. The minimum Gasteiger partial charge on any atom is -0.493 e. The Bertz CT molecular complexity index is 727. The number of nitrogens with two attached hydrogens (primary N) is 2. The Hall–Kier alpha value is -1.62. The molecule has 0 heterocycles. The molecule has 11 heteroatoms. The minimum atomic E-state index is -0.837. The van der Waals surface area contributed by atoms with Gasteiger partial charge in [0, 0.05) is 32.8 Å². The van der Waals surface area contributed by atoms with Crippen molar-refractivity contribution < 1.29 is 24.2 Å². The summed E-state index contributed by atoms with van der Waals surface area (Å²) < 4.78 is 10.8. The van der Waals surface area contributed by atoms with E-state index in [1.807, 2.05) is 6.07 Å². The van der Waals surface area contributed by atoms with Gasteiger partial charge in [-0.15, -0.1) is 24.8 Å². The second kappa shape index (κ2) is 19.6. The highest BCUT2D eigenvalue weighted by Gasteiger charge is 2.24. The van der Waals surface area contributed by atoms with Crippen LogP contribution in [0.1, 0.15) is 50.4 Å². The standard InChI is InChI=1S/C24H42N4O5.2ClH/c1-16(2)18(13-20(25)21(29)15-27-17(3)23(26)30)14-28-24(31)19-9-5-6-10-22(19)33-12-8-7-11-32-4;;/h5-6,9-10,16-18,20-21,27,29H,7-8,11-15,25H2,1-4H3,(H2,26,30)(H,28,31);2*1H/t17?,18-,20+,21+;;/m1../s1. The van der Waals surface area contributed by atoms with Gasteiger partial charge in [-0.2, -0.15) is 0 Å². The van der Waals surface area contributed by atoms with E-state index >= 15 is 0 Å². The summed E-state index contributed by atoms with van der Waals surface area (Å²) in [5.74, 6) is 0.162. The lowest BCUT2D eigenvalue weighted by Crippen LogP contribution is -2.48. The summed E-state index contributed by atoms with van der Waals surface area (Å²) in [4.78, 5) is 24.0. The average molecular weight is 540 g/mol. The van der Waals surface area contributed by atoms with Crippen molar-refractivity contribution in [1.82, 2.24) is 10.6 Å². The van der Waals surface area contributed by atoms with E-state index in [1.165, 1.54) is 0 Å². The van der Waals surface area contributed by atoms with Crippen molar-refractivity contribution in [3.63, 3.8) is 0 Å². The van der Waals surface area contributed by atoms with E-state index in [0.717, 1.165) is 12.8 Å². The molecule has 4 atom stereocenters. The number of hydrogen-bond donors (Lipinski definition) is 5. The van der Waals surface area contributed by atoms with Gasteiger partial charge >= 0.3 is 0 Å². The number of amides is 2. The Balaban J connectivity index is 0. The number of hydrogen-bond acceptors (Lipinski definition) is 7. The van der Waals surface area contributed by atoms with Crippen LogP contribution in [0.2, 0.25) is 0 Å². The molecule has 35 heavy (non-hydrogen) atoms. The van der Waals surface area contributed by atoms with E-state index in [-0.39, 0.29) is 49.1 Å². The first-order valence-corrected chi connectivity index (χ1v) is 11.6. The molecule has 1 unspecified atom stereocenters. The summed E-state index contributed by atoms with van der Waals surface area (Å²) in [5.41, 5.74) is 11.9. The van der Waals surface area contributed by atoms with Gasteiger partial charge in [0.2, 0.25) is 5.91 Å². The Morgan fingerprint density at radius 2 is 1.69 bits per heavy atom. The van der Waals surface area contributed by atoms with Crippen LogP contribution in [0.25, 0.3) is 0 Å². The molecular formula is C24H44Cl2N4O5. The van der Waals surface area contributed by atoms with E-state index in [1.54, 1.807) is 32.2 Å². The van der Waals surface area contributed by atoms with Gasteiger partial charge in [0.1, 0.15) is 5.75 Å². The van der Waals surface area contributed by atoms with E-state index in [0.29, 0.717) is 37.5 Å². The molecule has 2 amide bonds. The van der Waals surface area contributed by atoms with Crippen LogP contribution in [0.15, 0.2) is 24.3 Å². The molecule has 1 rings (SSSR count). The molecule has 0 aliphatic rings. The number of carbonyl (C=O) groups excluding carboxylic acids is 2. The Labute approximate surface area is 221 Å². The number of rotatable bonds is 17. The lowest BCUT2D eigenvalue weighted by atomic mass is 9.87. The third-order valence-corrected chi connectivity index (χ3v) is 5.73. The summed E-state index contributed by atoms with van der Waals surface area (Å²) in [6, 6.07) is 6.12. The molecule has 7 N–H and O–H groups in total. The Morgan fingerprint density at radius 3 is 2.29 bits per heavy atom. The van der Waals surface area contributed by atoms with Gasteiger partial charge in [-0.05, 0) is 50.2 Å². The molecule has 0 bridgehead atoms. The fourth-order valence-corrected chi connectivity index (χ4v) is 3.28. The molecule has 204 valence electrons. The number of aliphatic hydroxyl groups is 1. The number of primary amides is 1. The predicted octanol–water partition coefficient (Wildman–Crippen LogP) is 1.88. The van der Waals surface area contributed by atoms with Gasteiger partial charge in [-0.3, -0.25) is 9.59 Å². The van der Waals surface area contributed by atoms with Crippen molar-refractivity contribution in [1.29, 1.82) is 0 Å². The van der Waals surface area contributed by atoms with Crippen molar-refractivity contribution in [2.24, 2.45) is 23.3 Å². The summed E-state index contributed by atoms with van der Waals surface area (Å²) in [6.07, 6.45) is 1.41. The highest BCUT2D eigenvalue weighted by atomic mass is 35.5. The molecule has 0 spiro atoms. The van der Waals surface area contributed by atoms with Crippen LogP contribution >= 0.6 is 24.8 Å². The molecule has 0 aliphatic heterocycles. The summed E-state index contributed by atoms with van der Waals surface area (Å²) in [6.45, 7) is 7.52. The smallest absolute Gasteiger partial charge is 0.255 e. The topological polar surface area (TPSA) is 149 Å². The number of methoxy groups -OCH3 is 1. The summed E-state index contributed by atoms with van der Waals surface area (Å²) in [7, 11) is 1.67. The lowest BCUT2D eigenvalue weighted by molar-refractivity contribution is -0.119. The number of unbranched alkanes of at least 4 members (excludes halogenated alkanes) is 1. The van der Waals surface area contributed by atoms with Gasteiger partial charge in [-0.25, -0.2) is 0 Å². The van der Waals surface area contributed by atoms with Crippen molar-refractivity contribution in [3.8, 4) is 5.75 Å². The van der Waals surface area contributed by atoms with Crippen LogP contribution in [-0.4, -0.2) is 68.5 Å². The van der Waals surface area contributed by atoms with E-state index < -0.39 is 24.1 Å². The first-order chi connectivity index (χ1) is 15.7. The van der Waals surface area contributed by atoms with Crippen molar-refractivity contribution in [2.45, 2.75) is 58.2 Å². The predicted molar refractivity (Wildman–Crippen MR) is 143 cm³/mol. The molecule has 0 saturated heterocycles. The molecule has 0 aliphatic carbocycles. The normalized spacial score (nSPS) is 14.1. The fourth-order valence-electron chi connectivity index (χ4n) is 3.28. The molecule has 0 fully saturated rings. The quantitative estimate of drug-likeness (QED) is 0.190. The minimum absolute atomic E-state index is 0. The number of halogens is 2. The zero-order valence-corrected chi connectivity index (χ0v) is 22.8. The monoisotopic (exact) mass is 538 g/mol. The molecule has 0 aromatic heterocycles. The van der Waals surface area contributed by atoms with Crippen molar-refractivity contribution in [3.05, 3.63) is 29.8 Å². The van der Waals surface area contributed by atoms with E-state index in [2.05, 4.69) is 24.5 Å². The van der Waals surface area contributed by atoms with Crippen LogP contribution < -0.4 is 26.8 Å². The van der Waals surface area contributed by atoms with Crippen LogP contribution in [0, 0.1) is 11.8 Å². The fraction of sp³-hybridized carbons (Fsp3) is 0.667. The van der Waals surface area contributed by atoms with E-state index in [9.17, 15) is 14.7 Å². The van der Waals surface area contributed by atoms with Crippen molar-refractivity contribution >= 4 is 36.6 Å². The highest BCUT2D eigenvalue weighted by molar-refractivity contribution is 5.96. The second-order valence-electron chi connectivity index (χ2n) is 8.76. The Morgan fingerprint density at radius 1 is 1.06 bits per heavy atom. The highest BCUT2D eigenvalue weighted by Crippen LogP contribution is 2.20. The maximum Gasteiger partial charge on any atom is 0.255 e. The van der Waals surface area contributed by atoms with Crippen LogP contribution in [-0.2, 0) is 9.53 Å². The summed E-state index contributed by atoms with van der Waals surface area (Å²) >= 11 is 0. The maximum absolute atomic E-state index is 12.8. The van der Waals surface area contributed by atoms with Crippen LogP contribution in [0.3, 0.4) is 0 Å².